The third kappa shape index (κ3) is 9.40. The maximum atomic E-state index is 12.7. The van der Waals surface area contributed by atoms with Gasteiger partial charge < -0.3 is 24.8 Å². The SMILES string of the molecule is COC(=O)CC[C@H](NC(=O)OCc1ccccc1)C(=O)N[C@@H](CC(C)C)C(=O)OC. The van der Waals surface area contributed by atoms with E-state index in [1.807, 2.05) is 32.0 Å². The Morgan fingerprint density at radius 1 is 0.933 bits per heavy atom. The smallest absolute Gasteiger partial charge is 0.408 e. The largest absolute Gasteiger partial charge is 0.469 e. The van der Waals surface area contributed by atoms with Gasteiger partial charge in [-0.2, -0.15) is 0 Å². The first-order chi connectivity index (χ1) is 14.3. The van der Waals surface area contributed by atoms with Crippen LogP contribution in [-0.4, -0.2) is 50.2 Å². The Kier molecular flexibility index (Phi) is 11.0. The van der Waals surface area contributed by atoms with Crippen LogP contribution < -0.4 is 10.6 Å². The lowest BCUT2D eigenvalue weighted by Crippen LogP contribution is -2.52. The third-order valence-electron chi connectivity index (χ3n) is 4.20. The van der Waals surface area contributed by atoms with Crippen molar-refractivity contribution in [1.29, 1.82) is 0 Å². The van der Waals surface area contributed by atoms with Crippen LogP contribution in [0.2, 0.25) is 0 Å². The second-order valence-corrected chi connectivity index (χ2v) is 7.09. The summed E-state index contributed by atoms with van der Waals surface area (Å²) >= 11 is 0. The summed E-state index contributed by atoms with van der Waals surface area (Å²) in [7, 11) is 2.46. The number of hydrogen-bond donors (Lipinski definition) is 2. The zero-order valence-corrected chi connectivity index (χ0v) is 17.8. The fourth-order valence-corrected chi connectivity index (χ4v) is 2.64. The van der Waals surface area contributed by atoms with E-state index >= 15 is 0 Å². The van der Waals surface area contributed by atoms with Gasteiger partial charge in [0.15, 0.2) is 0 Å². The first-order valence-corrected chi connectivity index (χ1v) is 9.69. The van der Waals surface area contributed by atoms with E-state index in [0.29, 0.717) is 6.42 Å². The molecular formula is C21H30N2O7. The number of hydrogen-bond acceptors (Lipinski definition) is 7. The molecule has 2 atom stereocenters. The lowest BCUT2D eigenvalue weighted by Gasteiger charge is -2.23. The molecule has 0 aliphatic carbocycles. The molecule has 0 aliphatic heterocycles. The summed E-state index contributed by atoms with van der Waals surface area (Å²) in [6, 6.07) is 7.09. The Hall–Kier alpha value is -3.10. The monoisotopic (exact) mass is 422 g/mol. The summed E-state index contributed by atoms with van der Waals surface area (Å²) in [6.45, 7) is 3.82. The van der Waals surface area contributed by atoms with E-state index in [4.69, 9.17) is 9.47 Å². The van der Waals surface area contributed by atoms with Crippen LogP contribution in [0.25, 0.3) is 0 Å². The highest BCUT2D eigenvalue weighted by Crippen LogP contribution is 2.09. The van der Waals surface area contributed by atoms with Gasteiger partial charge in [0, 0.05) is 6.42 Å². The zero-order valence-electron chi connectivity index (χ0n) is 17.8. The van der Waals surface area contributed by atoms with Gasteiger partial charge in [-0.15, -0.1) is 0 Å². The van der Waals surface area contributed by atoms with E-state index in [0.717, 1.165) is 5.56 Å². The summed E-state index contributed by atoms with van der Waals surface area (Å²) in [5.41, 5.74) is 0.783. The summed E-state index contributed by atoms with van der Waals surface area (Å²) in [5, 5.41) is 5.03. The van der Waals surface area contributed by atoms with Crippen molar-refractivity contribution in [2.45, 2.75) is 51.8 Å². The molecule has 0 fully saturated rings. The number of carbonyl (C=O) groups is 4. The molecule has 0 saturated carbocycles. The fourth-order valence-electron chi connectivity index (χ4n) is 2.64. The maximum absolute atomic E-state index is 12.7. The molecule has 2 N–H and O–H groups in total. The highest BCUT2D eigenvalue weighted by molar-refractivity contribution is 5.90. The van der Waals surface area contributed by atoms with E-state index in [1.54, 1.807) is 12.1 Å². The highest BCUT2D eigenvalue weighted by atomic mass is 16.5. The molecule has 0 heterocycles. The van der Waals surface area contributed by atoms with Crippen LogP contribution in [0.1, 0.15) is 38.7 Å². The molecule has 0 bridgehead atoms. The highest BCUT2D eigenvalue weighted by Gasteiger charge is 2.28. The van der Waals surface area contributed by atoms with Crippen LogP contribution in [-0.2, 0) is 35.2 Å². The van der Waals surface area contributed by atoms with Crippen LogP contribution in [0.4, 0.5) is 4.79 Å². The van der Waals surface area contributed by atoms with Crippen molar-refractivity contribution < 1.29 is 33.4 Å². The van der Waals surface area contributed by atoms with E-state index in [-0.39, 0.29) is 25.4 Å². The zero-order chi connectivity index (χ0) is 22.5. The van der Waals surface area contributed by atoms with Crippen molar-refractivity contribution in [3.8, 4) is 0 Å². The minimum atomic E-state index is -1.09. The van der Waals surface area contributed by atoms with Crippen LogP contribution in [0, 0.1) is 5.92 Å². The summed E-state index contributed by atoms with van der Waals surface area (Å²) < 4.78 is 14.5. The predicted molar refractivity (Wildman–Crippen MR) is 108 cm³/mol. The lowest BCUT2D eigenvalue weighted by atomic mass is 10.0. The number of nitrogens with one attached hydrogen (secondary N) is 2. The molecule has 0 saturated heterocycles. The Labute approximate surface area is 176 Å². The van der Waals surface area contributed by atoms with Crippen LogP contribution in [0.3, 0.4) is 0 Å². The molecule has 30 heavy (non-hydrogen) atoms. The lowest BCUT2D eigenvalue weighted by molar-refractivity contribution is -0.146. The molecule has 1 aromatic rings. The topological polar surface area (TPSA) is 120 Å². The van der Waals surface area contributed by atoms with Crippen molar-refractivity contribution in [3.05, 3.63) is 35.9 Å². The van der Waals surface area contributed by atoms with Crippen molar-refractivity contribution in [2.75, 3.05) is 14.2 Å². The minimum absolute atomic E-state index is 0.0193. The second kappa shape index (κ2) is 13.2. The van der Waals surface area contributed by atoms with Gasteiger partial charge in [-0.1, -0.05) is 44.2 Å². The molecule has 1 aromatic carbocycles. The average Bonchev–Trinajstić information content (AvgIpc) is 2.74. The van der Waals surface area contributed by atoms with Crippen molar-refractivity contribution in [3.63, 3.8) is 0 Å². The number of amides is 2. The molecule has 0 unspecified atom stereocenters. The number of ether oxygens (including phenoxy) is 3. The van der Waals surface area contributed by atoms with Gasteiger partial charge in [0.25, 0.3) is 0 Å². The van der Waals surface area contributed by atoms with Crippen molar-refractivity contribution in [2.24, 2.45) is 5.92 Å². The van der Waals surface area contributed by atoms with Gasteiger partial charge in [0.05, 0.1) is 14.2 Å². The number of benzene rings is 1. The molecular weight excluding hydrogens is 392 g/mol. The van der Waals surface area contributed by atoms with E-state index < -0.39 is 36.0 Å². The van der Waals surface area contributed by atoms with Gasteiger partial charge in [-0.05, 0) is 24.3 Å². The van der Waals surface area contributed by atoms with Gasteiger partial charge in [0.2, 0.25) is 5.91 Å². The first kappa shape index (κ1) is 24.9. The van der Waals surface area contributed by atoms with Gasteiger partial charge >= 0.3 is 18.0 Å². The summed E-state index contributed by atoms with van der Waals surface area (Å²) in [4.78, 5) is 48.4. The normalized spacial score (nSPS) is 12.4. The molecule has 0 spiro atoms. The van der Waals surface area contributed by atoms with Gasteiger partial charge in [-0.3, -0.25) is 9.59 Å². The quantitative estimate of drug-likeness (QED) is 0.413. The standard InChI is InChI=1S/C21H30N2O7/c1-14(2)12-17(20(26)29-4)22-19(25)16(10-11-18(24)28-3)23-21(27)30-13-15-8-6-5-7-9-15/h5-9,14,16-17H,10-13H2,1-4H3,(H,22,25)(H,23,27)/t16-,17-/m0/s1. The Balaban J connectivity index is 2.78. The fraction of sp³-hybridized carbons (Fsp3) is 0.524. The van der Waals surface area contributed by atoms with E-state index in [2.05, 4.69) is 15.4 Å². The van der Waals surface area contributed by atoms with E-state index in [1.165, 1.54) is 14.2 Å². The molecule has 1 rings (SSSR count). The maximum Gasteiger partial charge on any atom is 0.408 e. The number of methoxy groups -OCH3 is 2. The summed E-state index contributed by atoms with van der Waals surface area (Å²) in [5.74, 6) is -1.62. The molecule has 9 nitrogen and oxygen atoms in total. The molecule has 0 aromatic heterocycles. The Bertz CT molecular complexity index is 707. The van der Waals surface area contributed by atoms with E-state index in [9.17, 15) is 19.2 Å². The number of esters is 2. The molecule has 0 aliphatic rings. The second-order valence-electron chi connectivity index (χ2n) is 7.09. The third-order valence-corrected chi connectivity index (χ3v) is 4.20. The van der Waals surface area contributed by atoms with Crippen LogP contribution in [0.15, 0.2) is 30.3 Å². The average molecular weight is 422 g/mol. The minimum Gasteiger partial charge on any atom is -0.469 e. The molecule has 9 heteroatoms. The van der Waals surface area contributed by atoms with Gasteiger partial charge in [-0.25, -0.2) is 9.59 Å². The molecule has 166 valence electrons. The predicted octanol–water partition coefficient (Wildman–Crippen LogP) is 1.94. The first-order valence-electron chi connectivity index (χ1n) is 9.69. The Morgan fingerprint density at radius 2 is 1.60 bits per heavy atom. The van der Waals surface area contributed by atoms with Crippen LogP contribution >= 0.6 is 0 Å². The van der Waals surface area contributed by atoms with Crippen molar-refractivity contribution >= 4 is 23.9 Å². The summed E-state index contributed by atoms with van der Waals surface area (Å²) in [6.07, 6.45) is -0.572. The van der Waals surface area contributed by atoms with Crippen molar-refractivity contribution in [1.82, 2.24) is 10.6 Å². The Morgan fingerprint density at radius 3 is 2.17 bits per heavy atom. The van der Waals surface area contributed by atoms with Crippen LogP contribution in [0.5, 0.6) is 0 Å². The van der Waals surface area contributed by atoms with Gasteiger partial charge in [0.1, 0.15) is 18.7 Å². The molecule has 0 radical (unpaired) electrons. The number of alkyl carbamates (subject to hydrolysis) is 1. The number of rotatable bonds is 11. The number of carbonyl (C=O) groups excluding carboxylic acids is 4. The molecule has 2 amide bonds.